The summed E-state index contributed by atoms with van der Waals surface area (Å²) in [5.74, 6) is 0.860. The Labute approximate surface area is 119 Å². The van der Waals surface area contributed by atoms with E-state index in [2.05, 4.69) is 27.3 Å². The summed E-state index contributed by atoms with van der Waals surface area (Å²) < 4.78 is 5.13. The highest BCUT2D eigenvalue weighted by atomic mass is 16.5. The zero-order valence-electron chi connectivity index (χ0n) is 11.9. The standard InChI is InChI=1S/C14H22N4O2/c1-2-3-10-20-14(19)16-12-6-5-9-18(11-12)13-7-4-8-15-17-13/h4,7-8,12H,2-3,5-6,9-11H2,1H3,(H,16,19)/t12-/m0/s1. The first kappa shape index (κ1) is 14.6. The third-order valence-electron chi connectivity index (χ3n) is 3.36. The SMILES string of the molecule is CCCCOC(=O)N[C@H]1CCCN(c2cccnn2)C1. The molecule has 2 heterocycles. The number of amides is 1. The van der Waals surface area contributed by atoms with Gasteiger partial charge >= 0.3 is 6.09 Å². The topological polar surface area (TPSA) is 67.3 Å². The van der Waals surface area contributed by atoms with E-state index in [-0.39, 0.29) is 12.1 Å². The molecule has 0 spiro atoms. The van der Waals surface area contributed by atoms with Crippen LogP contribution in [0.25, 0.3) is 0 Å². The van der Waals surface area contributed by atoms with Crippen LogP contribution < -0.4 is 10.2 Å². The number of carbonyl (C=O) groups excluding carboxylic acids is 1. The number of piperidine rings is 1. The third-order valence-corrected chi connectivity index (χ3v) is 3.36. The van der Waals surface area contributed by atoms with Crippen molar-refractivity contribution in [3.63, 3.8) is 0 Å². The van der Waals surface area contributed by atoms with Crippen LogP contribution in [0.2, 0.25) is 0 Å². The van der Waals surface area contributed by atoms with Gasteiger partial charge in [-0.05, 0) is 31.4 Å². The molecular weight excluding hydrogens is 256 g/mol. The van der Waals surface area contributed by atoms with Crippen LogP contribution in [0.3, 0.4) is 0 Å². The second kappa shape index (κ2) is 7.67. The van der Waals surface area contributed by atoms with Crippen molar-refractivity contribution in [2.45, 2.75) is 38.6 Å². The normalized spacial score (nSPS) is 18.6. The van der Waals surface area contributed by atoms with Crippen LogP contribution in [0.1, 0.15) is 32.6 Å². The van der Waals surface area contributed by atoms with Crippen LogP contribution in [0.5, 0.6) is 0 Å². The van der Waals surface area contributed by atoms with Gasteiger partial charge < -0.3 is 15.0 Å². The molecule has 1 aromatic heterocycles. The highest BCUT2D eigenvalue weighted by molar-refractivity contribution is 5.67. The monoisotopic (exact) mass is 278 g/mol. The molecule has 2 rings (SSSR count). The highest BCUT2D eigenvalue weighted by Crippen LogP contribution is 2.16. The van der Waals surface area contributed by atoms with Crippen molar-refractivity contribution < 1.29 is 9.53 Å². The number of unbranched alkanes of at least 4 members (excludes halogenated alkanes) is 1. The first-order valence-electron chi connectivity index (χ1n) is 7.25. The number of aromatic nitrogens is 2. The molecule has 0 saturated carbocycles. The molecule has 6 nitrogen and oxygen atoms in total. The van der Waals surface area contributed by atoms with Crippen molar-refractivity contribution in [1.82, 2.24) is 15.5 Å². The molecule has 0 aliphatic carbocycles. The van der Waals surface area contributed by atoms with E-state index in [9.17, 15) is 4.79 Å². The summed E-state index contributed by atoms with van der Waals surface area (Å²) in [6, 6.07) is 3.92. The van der Waals surface area contributed by atoms with E-state index in [1.54, 1.807) is 6.20 Å². The predicted molar refractivity (Wildman–Crippen MR) is 76.7 cm³/mol. The fourth-order valence-corrected chi connectivity index (χ4v) is 2.28. The van der Waals surface area contributed by atoms with E-state index in [1.165, 1.54) is 0 Å². The quantitative estimate of drug-likeness (QED) is 0.834. The number of hydrogen-bond donors (Lipinski definition) is 1. The number of carbonyl (C=O) groups is 1. The fourth-order valence-electron chi connectivity index (χ4n) is 2.28. The lowest BCUT2D eigenvalue weighted by atomic mass is 10.1. The number of nitrogens with one attached hydrogen (secondary N) is 1. The second-order valence-electron chi connectivity index (χ2n) is 5.00. The van der Waals surface area contributed by atoms with Crippen molar-refractivity contribution in [2.24, 2.45) is 0 Å². The summed E-state index contributed by atoms with van der Waals surface area (Å²) in [5.41, 5.74) is 0. The van der Waals surface area contributed by atoms with Crippen molar-refractivity contribution in [3.8, 4) is 0 Å². The first-order chi connectivity index (χ1) is 9.79. The Morgan fingerprint density at radius 3 is 3.25 bits per heavy atom. The summed E-state index contributed by atoms with van der Waals surface area (Å²) in [4.78, 5) is 13.8. The lowest BCUT2D eigenvalue weighted by Crippen LogP contribution is -2.48. The van der Waals surface area contributed by atoms with E-state index >= 15 is 0 Å². The molecule has 1 aliphatic rings. The number of hydrogen-bond acceptors (Lipinski definition) is 5. The minimum absolute atomic E-state index is 0.111. The Bertz CT molecular complexity index is 413. The van der Waals surface area contributed by atoms with Crippen molar-refractivity contribution in [1.29, 1.82) is 0 Å². The summed E-state index contributed by atoms with van der Waals surface area (Å²) in [5, 5.41) is 10.9. The maximum atomic E-state index is 11.6. The van der Waals surface area contributed by atoms with Crippen LogP contribution in [0, 0.1) is 0 Å². The van der Waals surface area contributed by atoms with Gasteiger partial charge in [-0.2, -0.15) is 5.10 Å². The molecule has 1 N–H and O–H groups in total. The minimum atomic E-state index is -0.315. The molecule has 0 bridgehead atoms. The average Bonchev–Trinajstić information content (AvgIpc) is 2.49. The molecule has 1 fully saturated rings. The lowest BCUT2D eigenvalue weighted by Gasteiger charge is -2.33. The van der Waals surface area contributed by atoms with E-state index < -0.39 is 0 Å². The van der Waals surface area contributed by atoms with Gasteiger partial charge in [0.05, 0.1) is 6.61 Å². The van der Waals surface area contributed by atoms with Crippen LogP contribution in [-0.4, -0.2) is 42.0 Å². The van der Waals surface area contributed by atoms with Crippen molar-refractivity contribution in [3.05, 3.63) is 18.3 Å². The van der Waals surface area contributed by atoms with Crippen LogP contribution in [-0.2, 0) is 4.74 Å². The van der Waals surface area contributed by atoms with Gasteiger partial charge in [0, 0.05) is 25.3 Å². The van der Waals surface area contributed by atoms with E-state index in [4.69, 9.17) is 4.74 Å². The molecular formula is C14H22N4O2. The maximum absolute atomic E-state index is 11.6. The molecule has 20 heavy (non-hydrogen) atoms. The molecule has 1 aliphatic heterocycles. The van der Waals surface area contributed by atoms with Gasteiger partial charge in [-0.25, -0.2) is 4.79 Å². The van der Waals surface area contributed by atoms with Gasteiger partial charge in [0.1, 0.15) is 0 Å². The largest absolute Gasteiger partial charge is 0.450 e. The van der Waals surface area contributed by atoms with Crippen LogP contribution in [0.15, 0.2) is 18.3 Å². The maximum Gasteiger partial charge on any atom is 0.407 e. The van der Waals surface area contributed by atoms with E-state index in [0.717, 1.165) is 44.6 Å². The zero-order valence-corrected chi connectivity index (χ0v) is 11.9. The number of rotatable bonds is 5. The molecule has 110 valence electrons. The molecule has 0 radical (unpaired) electrons. The number of anilines is 1. The summed E-state index contributed by atoms with van der Waals surface area (Å²) in [7, 11) is 0. The van der Waals surface area contributed by atoms with Crippen LogP contribution >= 0.6 is 0 Å². The van der Waals surface area contributed by atoms with Crippen molar-refractivity contribution >= 4 is 11.9 Å². The van der Waals surface area contributed by atoms with E-state index in [0.29, 0.717) is 6.61 Å². The Kier molecular flexibility index (Phi) is 5.58. The summed E-state index contributed by atoms with van der Waals surface area (Å²) in [6.45, 7) is 4.26. The number of ether oxygens (including phenoxy) is 1. The highest BCUT2D eigenvalue weighted by Gasteiger charge is 2.22. The average molecular weight is 278 g/mol. The van der Waals surface area contributed by atoms with Gasteiger partial charge in [0.15, 0.2) is 5.82 Å². The molecule has 1 saturated heterocycles. The molecule has 0 aromatic carbocycles. The summed E-state index contributed by atoms with van der Waals surface area (Å²) in [6.07, 6.45) is 5.27. The van der Waals surface area contributed by atoms with Gasteiger partial charge in [0.25, 0.3) is 0 Å². The minimum Gasteiger partial charge on any atom is -0.450 e. The Balaban J connectivity index is 1.80. The Morgan fingerprint density at radius 1 is 1.60 bits per heavy atom. The molecule has 1 aromatic rings. The predicted octanol–water partition coefficient (Wildman–Crippen LogP) is 1.97. The van der Waals surface area contributed by atoms with Gasteiger partial charge in [-0.15, -0.1) is 5.10 Å². The third kappa shape index (κ3) is 4.36. The molecule has 6 heteroatoms. The van der Waals surface area contributed by atoms with Crippen molar-refractivity contribution in [2.75, 3.05) is 24.6 Å². The Hall–Kier alpha value is -1.85. The van der Waals surface area contributed by atoms with E-state index in [1.807, 2.05) is 12.1 Å². The fraction of sp³-hybridized carbons (Fsp3) is 0.643. The molecule has 1 atom stereocenters. The molecule has 0 unspecified atom stereocenters. The van der Waals surface area contributed by atoms with Gasteiger partial charge in [-0.3, -0.25) is 0 Å². The number of nitrogens with zero attached hydrogens (tertiary/aromatic N) is 3. The zero-order chi connectivity index (χ0) is 14.2. The van der Waals surface area contributed by atoms with Gasteiger partial charge in [0.2, 0.25) is 0 Å². The Morgan fingerprint density at radius 2 is 2.50 bits per heavy atom. The molecule has 1 amide bonds. The smallest absolute Gasteiger partial charge is 0.407 e. The second-order valence-corrected chi connectivity index (χ2v) is 5.00. The van der Waals surface area contributed by atoms with Crippen LogP contribution in [0.4, 0.5) is 10.6 Å². The lowest BCUT2D eigenvalue weighted by molar-refractivity contribution is 0.139. The first-order valence-corrected chi connectivity index (χ1v) is 7.25. The number of alkyl carbamates (subject to hydrolysis) is 1. The summed E-state index contributed by atoms with van der Waals surface area (Å²) >= 11 is 0. The van der Waals surface area contributed by atoms with Gasteiger partial charge in [-0.1, -0.05) is 13.3 Å².